The molecule has 1 unspecified atom stereocenters. The van der Waals surface area contributed by atoms with Crippen LogP contribution in [0.4, 0.5) is 0 Å². The Morgan fingerprint density at radius 1 is 1.13 bits per heavy atom. The van der Waals surface area contributed by atoms with E-state index in [1.54, 1.807) is 0 Å². The van der Waals surface area contributed by atoms with E-state index in [-0.39, 0.29) is 0 Å². The predicted molar refractivity (Wildman–Crippen MR) is 65.0 cm³/mol. The summed E-state index contributed by atoms with van der Waals surface area (Å²) in [6.07, 6.45) is 8.87. The third kappa shape index (κ3) is 3.46. The number of nitrogens with one attached hydrogen (secondary N) is 1. The Labute approximate surface area is 94.4 Å². The molecule has 0 spiro atoms. The first-order valence-corrected chi connectivity index (χ1v) is 6.75. The summed E-state index contributed by atoms with van der Waals surface area (Å²) in [6, 6.07) is 0. The first-order chi connectivity index (χ1) is 7.38. The Bertz CT molecular complexity index is 175. The summed E-state index contributed by atoms with van der Waals surface area (Å²) in [5, 5.41) is 3.30. The van der Waals surface area contributed by atoms with Crippen LogP contribution in [0.1, 0.15) is 38.5 Å². The van der Waals surface area contributed by atoms with Crippen LogP contribution in [0, 0.1) is 11.8 Å². The van der Waals surface area contributed by atoms with E-state index < -0.39 is 0 Å². The SMILES string of the molecule is CNCC1CCN(CCC2CCCC2)C1. The minimum Gasteiger partial charge on any atom is -0.319 e. The molecule has 0 aromatic rings. The molecule has 1 aliphatic carbocycles. The predicted octanol–water partition coefficient (Wildman–Crippen LogP) is 2.11. The van der Waals surface area contributed by atoms with Crippen molar-refractivity contribution in [3.8, 4) is 0 Å². The van der Waals surface area contributed by atoms with Gasteiger partial charge in [-0.3, -0.25) is 0 Å². The average molecular weight is 210 g/mol. The first-order valence-electron chi connectivity index (χ1n) is 6.75. The topological polar surface area (TPSA) is 15.3 Å². The van der Waals surface area contributed by atoms with E-state index in [1.807, 2.05) is 0 Å². The van der Waals surface area contributed by atoms with Gasteiger partial charge in [-0.2, -0.15) is 0 Å². The number of hydrogen-bond donors (Lipinski definition) is 1. The van der Waals surface area contributed by atoms with Gasteiger partial charge in [-0.25, -0.2) is 0 Å². The molecule has 1 atom stereocenters. The molecule has 1 N–H and O–H groups in total. The van der Waals surface area contributed by atoms with E-state index in [2.05, 4.69) is 17.3 Å². The third-order valence-corrected chi connectivity index (χ3v) is 4.19. The minimum absolute atomic E-state index is 0.915. The maximum atomic E-state index is 3.30. The molecule has 2 fully saturated rings. The summed E-state index contributed by atoms with van der Waals surface area (Å²) >= 11 is 0. The van der Waals surface area contributed by atoms with E-state index in [9.17, 15) is 0 Å². The van der Waals surface area contributed by atoms with Crippen molar-refractivity contribution in [2.75, 3.05) is 33.2 Å². The Balaban J connectivity index is 1.59. The molecule has 0 aromatic heterocycles. The smallest absolute Gasteiger partial charge is 0.00223 e. The molecule has 1 saturated heterocycles. The maximum Gasteiger partial charge on any atom is 0.00223 e. The van der Waals surface area contributed by atoms with Crippen molar-refractivity contribution in [2.24, 2.45) is 11.8 Å². The Hall–Kier alpha value is -0.0800. The van der Waals surface area contributed by atoms with Crippen LogP contribution in [0.15, 0.2) is 0 Å². The van der Waals surface area contributed by atoms with Crippen LogP contribution in [-0.2, 0) is 0 Å². The van der Waals surface area contributed by atoms with Gasteiger partial charge >= 0.3 is 0 Å². The zero-order valence-corrected chi connectivity index (χ0v) is 10.2. The fourth-order valence-electron chi connectivity index (χ4n) is 3.24. The number of hydrogen-bond acceptors (Lipinski definition) is 2. The quantitative estimate of drug-likeness (QED) is 0.747. The monoisotopic (exact) mass is 210 g/mol. The molecule has 1 heterocycles. The molecule has 0 amide bonds. The molecule has 15 heavy (non-hydrogen) atoms. The molecule has 1 aliphatic heterocycles. The maximum absolute atomic E-state index is 3.30. The lowest BCUT2D eigenvalue weighted by molar-refractivity contribution is 0.292. The fourth-order valence-corrected chi connectivity index (χ4v) is 3.24. The summed E-state index contributed by atoms with van der Waals surface area (Å²) in [7, 11) is 2.07. The van der Waals surface area contributed by atoms with Gasteiger partial charge in [0.15, 0.2) is 0 Å². The van der Waals surface area contributed by atoms with Gasteiger partial charge in [-0.15, -0.1) is 0 Å². The highest BCUT2D eigenvalue weighted by molar-refractivity contribution is 4.78. The second-order valence-corrected chi connectivity index (χ2v) is 5.45. The van der Waals surface area contributed by atoms with Gasteiger partial charge < -0.3 is 10.2 Å². The van der Waals surface area contributed by atoms with Crippen LogP contribution in [-0.4, -0.2) is 38.1 Å². The lowest BCUT2D eigenvalue weighted by Crippen LogP contribution is -2.26. The standard InChI is InChI=1S/C13H26N2/c1-14-10-13-7-9-15(11-13)8-6-12-4-2-3-5-12/h12-14H,2-11H2,1H3. The van der Waals surface area contributed by atoms with Gasteiger partial charge in [-0.1, -0.05) is 25.7 Å². The van der Waals surface area contributed by atoms with E-state index in [4.69, 9.17) is 0 Å². The van der Waals surface area contributed by atoms with Crippen molar-refractivity contribution >= 4 is 0 Å². The van der Waals surface area contributed by atoms with Crippen molar-refractivity contribution < 1.29 is 0 Å². The van der Waals surface area contributed by atoms with Gasteiger partial charge in [0.05, 0.1) is 0 Å². The van der Waals surface area contributed by atoms with E-state index in [1.165, 1.54) is 64.7 Å². The van der Waals surface area contributed by atoms with E-state index in [0.29, 0.717) is 0 Å². The molecule has 0 bridgehead atoms. The zero-order chi connectivity index (χ0) is 10.5. The Kier molecular flexibility index (Phi) is 4.45. The molecule has 2 heteroatoms. The summed E-state index contributed by atoms with van der Waals surface area (Å²) in [5.41, 5.74) is 0. The molecule has 88 valence electrons. The molecular weight excluding hydrogens is 184 g/mol. The highest BCUT2D eigenvalue weighted by Gasteiger charge is 2.23. The van der Waals surface area contributed by atoms with Crippen LogP contribution in [0.2, 0.25) is 0 Å². The molecule has 2 nitrogen and oxygen atoms in total. The highest BCUT2D eigenvalue weighted by atomic mass is 15.1. The lowest BCUT2D eigenvalue weighted by Gasteiger charge is -2.18. The Morgan fingerprint density at radius 3 is 2.67 bits per heavy atom. The van der Waals surface area contributed by atoms with Gasteiger partial charge in [0, 0.05) is 6.54 Å². The van der Waals surface area contributed by atoms with E-state index in [0.717, 1.165) is 11.8 Å². The zero-order valence-electron chi connectivity index (χ0n) is 10.2. The van der Waals surface area contributed by atoms with Crippen LogP contribution in [0.5, 0.6) is 0 Å². The largest absolute Gasteiger partial charge is 0.319 e. The average Bonchev–Trinajstić information content (AvgIpc) is 2.85. The normalized spacial score (nSPS) is 29.0. The summed E-state index contributed by atoms with van der Waals surface area (Å²) in [5.74, 6) is 1.98. The van der Waals surface area contributed by atoms with Crippen LogP contribution in [0.25, 0.3) is 0 Å². The van der Waals surface area contributed by atoms with Gasteiger partial charge in [0.1, 0.15) is 0 Å². The fraction of sp³-hybridized carbons (Fsp3) is 1.00. The molecule has 0 aromatic carbocycles. The summed E-state index contributed by atoms with van der Waals surface area (Å²) < 4.78 is 0. The van der Waals surface area contributed by atoms with Gasteiger partial charge in [0.25, 0.3) is 0 Å². The van der Waals surface area contributed by atoms with Crippen molar-refractivity contribution in [3.63, 3.8) is 0 Å². The molecular formula is C13H26N2. The Morgan fingerprint density at radius 2 is 1.93 bits per heavy atom. The van der Waals surface area contributed by atoms with Gasteiger partial charge in [0.2, 0.25) is 0 Å². The van der Waals surface area contributed by atoms with Gasteiger partial charge in [-0.05, 0) is 51.4 Å². The van der Waals surface area contributed by atoms with Crippen molar-refractivity contribution in [2.45, 2.75) is 38.5 Å². The number of nitrogens with zero attached hydrogens (tertiary/aromatic N) is 1. The minimum atomic E-state index is 0.915. The molecule has 2 rings (SSSR count). The summed E-state index contributed by atoms with van der Waals surface area (Å²) in [6.45, 7) is 5.26. The van der Waals surface area contributed by atoms with Crippen molar-refractivity contribution in [3.05, 3.63) is 0 Å². The van der Waals surface area contributed by atoms with Crippen LogP contribution < -0.4 is 5.32 Å². The van der Waals surface area contributed by atoms with Crippen molar-refractivity contribution in [1.82, 2.24) is 10.2 Å². The third-order valence-electron chi connectivity index (χ3n) is 4.19. The van der Waals surface area contributed by atoms with Crippen molar-refractivity contribution in [1.29, 1.82) is 0 Å². The first kappa shape index (κ1) is 11.4. The second kappa shape index (κ2) is 5.86. The number of rotatable bonds is 5. The lowest BCUT2D eigenvalue weighted by atomic mass is 10.0. The van der Waals surface area contributed by atoms with Crippen LogP contribution >= 0.6 is 0 Å². The molecule has 2 aliphatic rings. The number of likely N-dealkylation sites (tertiary alicyclic amines) is 1. The van der Waals surface area contributed by atoms with E-state index >= 15 is 0 Å². The van der Waals surface area contributed by atoms with Crippen LogP contribution in [0.3, 0.4) is 0 Å². The second-order valence-electron chi connectivity index (χ2n) is 5.45. The summed E-state index contributed by atoms with van der Waals surface area (Å²) in [4.78, 5) is 2.68. The molecule has 1 saturated carbocycles. The highest BCUT2D eigenvalue weighted by Crippen LogP contribution is 2.28. The molecule has 0 radical (unpaired) electrons.